The Balaban J connectivity index is 0. The molecule has 0 radical (unpaired) electrons. The van der Waals surface area contributed by atoms with Gasteiger partial charge in [-0.2, -0.15) is 6.42 Å². The fourth-order valence-electron chi connectivity index (χ4n) is 13.1. The Morgan fingerprint density at radius 1 is 0.700 bits per heavy atom. The van der Waals surface area contributed by atoms with Gasteiger partial charge in [0, 0.05) is 24.4 Å². The number of ketones is 1. The molecule has 8 heteroatoms. The van der Waals surface area contributed by atoms with E-state index in [0.29, 0.717) is 21.7 Å². The third kappa shape index (κ3) is 9.77. The molecule has 4 nitrogen and oxygen atoms in total. The summed E-state index contributed by atoms with van der Waals surface area (Å²) >= 11 is 0. The fraction of sp³-hybridized carbons (Fsp3) is 0.643. The van der Waals surface area contributed by atoms with Crippen LogP contribution in [0.5, 0.6) is 0 Å². The number of hydrogen-bond acceptors (Lipinski definition) is 2. The zero-order valence-electron chi connectivity index (χ0n) is 32.2. The molecular formula is C42H66AlLiN2O2W2. The van der Waals surface area contributed by atoms with Crippen LogP contribution in [-0.2, 0) is 62.5 Å². The Kier molecular flexibility index (Phi) is 19.4. The molecular weight excluding hydrogens is 966 g/mol. The van der Waals surface area contributed by atoms with E-state index in [4.69, 9.17) is 4.74 Å². The fourth-order valence-corrected chi connectivity index (χ4v) is 13.1. The molecule has 10 rings (SSSR count). The molecule has 8 aliphatic carbocycles. The van der Waals surface area contributed by atoms with Gasteiger partial charge < -0.3 is 37.1 Å². The van der Waals surface area contributed by atoms with Gasteiger partial charge in [-0.25, -0.2) is 0 Å². The molecule has 8 saturated carbocycles. The number of Topliss-reactive ketones (excluding diaryl/α,β-unsaturated/α-hetero) is 1. The number of rotatable bonds is 6. The van der Waals surface area contributed by atoms with Gasteiger partial charge in [0.2, 0.25) is 0 Å². The van der Waals surface area contributed by atoms with Crippen molar-refractivity contribution in [3.05, 3.63) is 97.9 Å². The van der Waals surface area contributed by atoms with Crippen molar-refractivity contribution in [1.82, 2.24) is 0 Å². The van der Waals surface area contributed by atoms with Crippen LogP contribution < -0.4 is 18.9 Å². The molecule has 0 spiro atoms. The smallest absolute Gasteiger partial charge is 1.00 e. The predicted octanol–water partition coefficient (Wildman–Crippen LogP) is 7.86. The first-order valence-corrected chi connectivity index (χ1v) is 17.8. The molecule has 2 aromatic carbocycles. The quantitative estimate of drug-likeness (QED) is 0.218. The van der Waals surface area contributed by atoms with Crippen LogP contribution in [0.4, 0.5) is 0 Å². The molecule has 272 valence electrons. The maximum atomic E-state index is 12.3. The Hall–Kier alpha value is 0.366. The monoisotopic (exact) mass is 1030 g/mol. The zero-order valence-corrected chi connectivity index (χ0v) is 37.1. The molecule has 8 bridgehead atoms. The maximum Gasteiger partial charge on any atom is 2.00 e. The average molecular weight is 1030 g/mol. The van der Waals surface area contributed by atoms with Crippen LogP contribution in [0.1, 0.15) is 124 Å². The topological polar surface area (TPSA) is 93.3 Å². The number of benzene rings is 2. The van der Waals surface area contributed by atoms with Gasteiger partial charge in [-0.3, -0.25) is 0 Å². The van der Waals surface area contributed by atoms with Crippen molar-refractivity contribution < 1.29 is 71.9 Å². The number of carbonyl (C=O) groups excluding carboxylic acids is 1. The molecule has 0 saturated heterocycles. The number of hydrogen-bond donors (Lipinski definition) is 0. The van der Waals surface area contributed by atoms with Gasteiger partial charge in [0.05, 0.1) is 0 Å². The molecule has 50 heavy (non-hydrogen) atoms. The second-order valence-corrected chi connectivity index (χ2v) is 17.2. The van der Waals surface area contributed by atoms with E-state index in [0.717, 1.165) is 50.7 Å². The minimum absolute atomic E-state index is 0. The van der Waals surface area contributed by atoms with E-state index >= 15 is 0 Å². The van der Waals surface area contributed by atoms with Crippen molar-refractivity contribution in [1.29, 1.82) is 0 Å². The molecule has 0 heterocycles. The molecule has 8 unspecified atom stereocenters. The Bertz CT molecular complexity index is 1350. The summed E-state index contributed by atoms with van der Waals surface area (Å²) < 4.78 is 4.83. The van der Waals surface area contributed by atoms with E-state index < -0.39 is 0 Å². The summed E-state index contributed by atoms with van der Waals surface area (Å²) in [7, 11) is 0. The van der Waals surface area contributed by atoms with Crippen molar-refractivity contribution >= 4 is 23.1 Å². The van der Waals surface area contributed by atoms with E-state index in [1.54, 1.807) is 5.56 Å². The molecule has 0 aromatic heterocycles. The minimum Gasteiger partial charge on any atom is -1.00 e. The van der Waals surface area contributed by atoms with Gasteiger partial charge in [-0.15, -0.1) is 0 Å². The summed E-state index contributed by atoms with van der Waals surface area (Å²) in [6, 6.07) is 22.3. The van der Waals surface area contributed by atoms with E-state index in [2.05, 4.69) is 88.4 Å². The zero-order chi connectivity index (χ0) is 31.3. The first-order chi connectivity index (χ1) is 20.9. The van der Waals surface area contributed by atoms with Gasteiger partial charge in [0.25, 0.3) is 0 Å². The van der Waals surface area contributed by atoms with E-state index in [1.807, 2.05) is 13.8 Å². The van der Waals surface area contributed by atoms with Gasteiger partial charge in [0.15, 0.2) is 17.4 Å². The number of nitrogens with two attached hydrogens (primary N) is 2. The standard InChI is InChI=1S/C19H23O.C19H25.C4H10O.Al.Li.2H2N.2W.4H/c1-14(20)18-9-15-8-17(2,11-18)12-19(10-15,13-18)16-6-4-3-5-7-16;1-3-18-10-15-9-17(2,12-18)13-19(11-15,14-18)16-7-5-4-6-8-16;1-3-5-4-2;;;;;;;;;;/h3-7,15H,1,8-13H2,2H3;4-8,15H,1,3,9-14H2,2H3;3-4H2,1-2H3;;;2*1H2;;;;;;/q2*-1;;;+1;2*-1;2*+2;;;;-1. The van der Waals surface area contributed by atoms with Crippen LogP contribution in [0.3, 0.4) is 0 Å². The van der Waals surface area contributed by atoms with Gasteiger partial charge in [0.1, 0.15) is 0 Å². The summed E-state index contributed by atoms with van der Waals surface area (Å²) in [5.41, 5.74) is 5.17. The van der Waals surface area contributed by atoms with Crippen molar-refractivity contribution in [3.8, 4) is 0 Å². The van der Waals surface area contributed by atoms with Crippen LogP contribution in [0.15, 0.2) is 60.7 Å². The van der Waals surface area contributed by atoms with E-state index in [9.17, 15) is 4.79 Å². The van der Waals surface area contributed by atoms with Crippen LogP contribution in [0.2, 0.25) is 0 Å². The van der Waals surface area contributed by atoms with Crippen LogP contribution in [-0.4, -0.2) is 36.4 Å². The third-order valence-electron chi connectivity index (χ3n) is 13.1. The summed E-state index contributed by atoms with van der Waals surface area (Å²) in [5.74, 6) is 1.89. The largest absolute Gasteiger partial charge is 2.00 e. The van der Waals surface area contributed by atoms with Crippen molar-refractivity contribution in [2.24, 2.45) is 33.5 Å². The van der Waals surface area contributed by atoms with E-state index in [-0.39, 0.29) is 109 Å². The van der Waals surface area contributed by atoms with Crippen LogP contribution in [0.25, 0.3) is 12.3 Å². The first-order valence-electron chi connectivity index (χ1n) is 17.8. The minimum atomic E-state index is -0.121. The molecule has 0 amide bonds. The molecule has 0 aliphatic heterocycles. The Morgan fingerprint density at radius 3 is 1.52 bits per heavy atom. The van der Waals surface area contributed by atoms with Crippen LogP contribution >= 0.6 is 0 Å². The third-order valence-corrected chi connectivity index (χ3v) is 13.1. The van der Waals surface area contributed by atoms with Gasteiger partial charge in [-0.05, 0) is 136 Å². The van der Waals surface area contributed by atoms with Crippen molar-refractivity contribution in [3.63, 3.8) is 0 Å². The van der Waals surface area contributed by atoms with E-state index in [1.165, 1.54) is 63.4 Å². The second kappa shape index (κ2) is 19.3. The molecule has 8 fully saturated rings. The van der Waals surface area contributed by atoms with Crippen molar-refractivity contribution in [2.75, 3.05) is 13.2 Å². The first kappa shape index (κ1) is 50.4. The Morgan fingerprint density at radius 2 is 1.14 bits per heavy atom. The summed E-state index contributed by atoms with van der Waals surface area (Å²) in [6.45, 7) is 18.8. The molecule has 2 aromatic rings. The Labute approximate surface area is 358 Å². The summed E-state index contributed by atoms with van der Waals surface area (Å²) in [6.07, 6.45) is 16.8. The number of ether oxygens (including phenoxy) is 1. The maximum absolute atomic E-state index is 12.3. The number of carbonyl (C=O) groups is 1. The summed E-state index contributed by atoms with van der Waals surface area (Å²) in [5, 5.41) is 0. The van der Waals surface area contributed by atoms with Crippen molar-refractivity contribution in [2.45, 2.75) is 122 Å². The van der Waals surface area contributed by atoms with Crippen LogP contribution in [0, 0.1) is 47.3 Å². The predicted molar refractivity (Wildman–Crippen MR) is 204 cm³/mol. The van der Waals surface area contributed by atoms with Gasteiger partial charge >= 0.3 is 61.0 Å². The second-order valence-electron chi connectivity index (χ2n) is 17.2. The molecule has 8 aliphatic rings. The normalized spacial score (nSPS) is 37.1. The SMILES string of the molecule is CCOCC.[AlH3].[CH2-]C(=O)C12CC3CC(C)(C1)CC(c1ccccc1)(C3)C2.[CH2-]CC12CC3CC(C)(C1)CC(c1ccccc1)(C3)C2.[H-].[Li+].[NH2-].[NH2-].[W+2].[W+2]. The summed E-state index contributed by atoms with van der Waals surface area (Å²) in [4.78, 5) is 12.3. The van der Waals surface area contributed by atoms with Gasteiger partial charge in [-0.1, -0.05) is 79.9 Å². The molecule has 8 atom stereocenters. The molecule has 4 N–H and O–H groups in total. The average Bonchev–Trinajstić information content (AvgIpc) is 2.97.